The van der Waals surface area contributed by atoms with Crippen LogP contribution in [0, 0.1) is 6.92 Å². The SMILES string of the molecule is Cc1cccc([N]C(C)O)c1. The van der Waals surface area contributed by atoms with Gasteiger partial charge in [0.2, 0.25) is 0 Å². The van der Waals surface area contributed by atoms with Gasteiger partial charge >= 0.3 is 0 Å². The minimum Gasteiger partial charge on any atom is -0.372 e. The van der Waals surface area contributed by atoms with Crippen molar-refractivity contribution in [3.05, 3.63) is 29.8 Å². The van der Waals surface area contributed by atoms with E-state index in [1.807, 2.05) is 31.2 Å². The zero-order valence-corrected chi connectivity index (χ0v) is 6.78. The second-order valence-electron chi connectivity index (χ2n) is 2.60. The summed E-state index contributed by atoms with van der Waals surface area (Å²) < 4.78 is 0. The van der Waals surface area contributed by atoms with Gasteiger partial charge in [-0.25, -0.2) is 0 Å². The Bertz CT molecular complexity index is 233. The van der Waals surface area contributed by atoms with E-state index in [2.05, 4.69) is 5.32 Å². The predicted octanol–water partition coefficient (Wildman–Crippen LogP) is 1.57. The summed E-state index contributed by atoms with van der Waals surface area (Å²) in [5, 5.41) is 12.9. The Hall–Kier alpha value is -1.02. The molecular weight excluding hydrogens is 138 g/mol. The minimum absolute atomic E-state index is 0.614. The summed E-state index contributed by atoms with van der Waals surface area (Å²) in [4.78, 5) is 0. The van der Waals surface area contributed by atoms with E-state index in [9.17, 15) is 0 Å². The van der Waals surface area contributed by atoms with Crippen LogP contribution in [-0.2, 0) is 0 Å². The van der Waals surface area contributed by atoms with Gasteiger partial charge < -0.3 is 5.11 Å². The van der Waals surface area contributed by atoms with Gasteiger partial charge in [-0.05, 0) is 31.5 Å². The van der Waals surface area contributed by atoms with Crippen LogP contribution in [0.3, 0.4) is 0 Å². The van der Waals surface area contributed by atoms with Crippen LogP contribution in [0.25, 0.3) is 0 Å². The molecule has 0 aliphatic rings. The van der Waals surface area contributed by atoms with Gasteiger partial charge in [0, 0.05) is 0 Å². The van der Waals surface area contributed by atoms with Crippen molar-refractivity contribution in [1.29, 1.82) is 0 Å². The van der Waals surface area contributed by atoms with Gasteiger partial charge in [0.25, 0.3) is 0 Å². The molecular formula is C9H12NO. The Morgan fingerprint density at radius 1 is 1.45 bits per heavy atom. The maximum absolute atomic E-state index is 8.93. The van der Waals surface area contributed by atoms with E-state index < -0.39 is 6.23 Å². The van der Waals surface area contributed by atoms with Crippen LogP contribution in [0.2, 0.25) is 0 Å². The number of hydrogen-bond donors (Lipinski definition) is 1. The van der Waals surface area contributed by atoms with Crippen molar-refractivity contribution >= 4 is 5.69 Å². The van der Waals surface area contributed by atoms with Crippen LogP contribution in [-0.4, -0.2) is 11.3 Å². The molecule has 0 aliphatic heterocycles. The molecule has 0 heterocycles. The van der Waals surface area contributed by atoms with Crippen LogP contribution in [0.4, 0.5) is 5.69 Å². The number of hydrogen-bond acceptors (Lipinski definition) is 1. The van der Waals surface area contributed by atoms with E-state index in [1.54, 1.807) is 6.92 Å². The van der Waals surface area contributed by atoms with Crippen LogP contribution in [0.1, 0.15) is 12.5 Å². The Kier molecular flexibility index (Phi) is 2.49. The number of aryl methyl sites for hydroxylation is 1. The molecule has 1 rings (SSSR count). The van der Waals surface area contributed by atoms with Gasteiger partial charge in [0.05, 0.1) is 5.69 Å². The van der Waals surface area contributed by atoms with E-state index in [0.29, 0.717) is 0 Å². The molecule has 0 amide bonds. The fraction of sp³-hybridized carbons (Fsp3) is 0.333. The van der Waals surface area contributed by atoms with E-state index in [1.165, 1.54) is 0 Å². The van der Waals surface area contributed by atoms with Crippen molar-refractivity contribution < 1.29 is 5.11 Å². The van der Waals surface area contributed by atoms with Gasteiger partial charge in [-0.1, -0.05) is 12.1 Å². The lowest BCUT2D eigenvalue weighted by molar-refractivity contribution is 0.172. The molecule has 0 aliphatic carbocycles. The quantitative estimate of drug-likeness (QED) is 0.682. The van der Waals surface area contributed by atoms with Gasteiger partial charge in [-0.15, -0.1) is 0 Å². The third-order valence-corrected chi connectivity index (χ3v) is 1.34. The molecule has 1 radical (unpaired) electrons. The molecule has 1 atom stereocenters. The molecule has 0 bridgehead atoms. The molecule has 2 heteroatoms. The zero-order chi connectivity index (χ0) is 8.27. The average Bonchev–Trinajstić information content (AvgIpc) is 1.85. The summed E-state index contributed by atoms with van der Waals surface area (Å²) >= 11 is 0. The van der Waals surface area contributed by atoms with Gasteiger partial charge in [-0.3, -0.25) is 5.32 Å². The molecule has 1 aromatic carbocycles. The second kappa shape index (κ2) is 3.39. The minimum atomic E-state index is -0.614. The first-order valence-corrected chi connectivity index (χ1v) is 3.64. The molecule has 2 nitrogen and oxygen atoms in total. The number of aliphatic hydroxyl groups is 1. The molecule has 0 saturated heterocycles. The Morgan fingerprint density at radius 2 is 2.18 bits per heavy atom. The molecule has 1 aromatic rings. The van der Waals surface area contributed by atoms with Crippen LogP contribution in [0.15, 0.2) is 24.3 Å². The maximum Gasteiger partial charge on any atom is 0.143 e. The molecule has 1 N–H and O–H groups in total. The normalized spacial score (nSPS) is 12.6. The van der Waals surface area contributed by atoms with Crippen LogP contribution < -0.4 is 5.32 Å². The smallest absolute Gasteiger partial charge is 0.143 e. The first-order valence-electron chi connectivity index (χ1n) is 3.64. The van der Waals surface area contributed by atoms with Crippen molar-refractivity contribution in [2.45, 2.75) is 20.1 Å². The van der Waals surface area contributed by atoms with Crippen molar-refractivity contribution in [1.82, 2.24) is 5.32 Å². The van der Waals surface area contributed by atoms with Crippen molar-refractivity contribution in [3.8, 4) is 0 Å². The van der Waals surface area contributed by atoms with Gasteiger partial charge in [-0.2, -0.15) is 0 Å². The topological polar surface area (TPSA) is 34.3 Å². The van der Waals surface area contributed by atoms with Crippen LogP contribution >= 0.6 is 0 Å². The van der Waals surface area contributed by atoms with E-state index in [4.69, 9.17) is 5.11 Å². The Labute approximate surface area is 66.9 Å². The largest absolute Gasteiger partial charge is 0.372 e. The highest BCUT2D eigenvalue weighted by atomic mass is 16.3. The van der Waals surface area contributed by atoms with Gasteiger partial charge in [0.1, 0.15) is 6.23 Å². The third-order valence-electron chi connectivity index (χ3n) is 1.34. The van der Waals surface area contributed by atoms with Crippen molar-refractivity contribution in [2.75, 3.05) is 0 Å². The zero-order valence-electron chi connectivity index (χ0n) is 6.78. The Balaban J connectivity index is 2.71. The highest BCUT2D eigenvalue weighted by molar-refractivity contribution is 5.38. The number of nitrogens with zero attached hydrogens (tertiary/aromatic N) is 1. The van der Waals surface area contributed by atoms with E-state index in [-0.39, 0.29) is 0 Å². The summed E-state index contributed by atoms with van der Waals surface area (Å²) in [5.41, 5.74) is 1.99. The van der Waals surface area contributed by atoms with Gasteiger partial charge in [0.15, 0.2) is 0 Å². The molecule has 0 spiro atoms. The summed E-state index contributed by atoms with van der Waals surface area (Å²) in [5.74, 6) is 0. The van der Waals surface area contributed by atoms with E-state index in [0.717, 1.165) is 11.3 Å². The van der Waals surface area contributed by atoms with Crippen molar-refractivity contribution in [2.24, 2.45) is 0 Å². The molecule has 0 fully saturated rings. The van der Waals surface area contributed by atoms with Crippen molar-refractivity contribution in [3.63, 3.8) is 0 Å². The molecule has 11 heavy (non-hydrogen) atoms. The number of rotatable bonds is 2. The Morgan fingerprint density at radius 3 is 2.73 bits per heavy atom. The lowest BCUT2D eigenvalue weighted by Crippen LogP contribution is -2.11. The third kappa shape index (κ3) is 2.60. The number of aliphatic hydroxyl groups excluding tert-OH is 1. The fourth-order valence-electron chi connectivity index (χ4n) is 0.924. The lowest BCUT2D eigenvalue weighted by Gasteiger charge is -2.05. The highest BCUT2D eigenvalue weighted by Crippen LogP contribution is 2.09. The lowest BCUT2D eigenvalue weighted by atomic mass is 10.2. The number of benzene rings is 1. The maximum atomic E-state index is 8.93. The molecule has 59 valence electrons. The standard InChI is InChI=1S/C9H12NO/c1-7-4-3-5-9(6-7)10-8(2)11/h3-6,8,11H,1-2H3. The summed E-state index contributed by atoms with van der Waals surface area (Å²) in [6.45, 7) is 3.64. The molecule has 0 saturated carbocycles. The first kappa shape index (κ1) is 8.08. The second-order valence-corrected chi connectivity index (χ2v) is 2.60. The first-order chi connectivity index (χ1) is 5.18. The fourth-order valence-corrected chi connectivity index (χ4v) is 0.924. The summed E-state index contributed by atoms with van der Waals surface area (Å²) in [6, 6.07) is 7.74. The highest BCUT2D eigenvalue weighted by Gasteiger charge is 1.97. The molecule has 1 unspecified atom stereocenters. The summed E-state index contributed by atoms with van der Waals surface area (Å²) in [7, 11) is 0. The average molecular weight is 150 g/mol. The monoisotopic (exact) mass is 150 g/mol. The van der Waals surface area contributed by atoms with Crippen LogP contribution in [0.5, 0.6) is 0 Å². The summed E-state index contributed by atoms with van der Waals surface area (Å²) in [6.07, 6.45) is -0.614. The molecule has 0 aromatic heterocycles. The predicted molar refractivity (Wildman–Crippen MR) is 44.7 cm³/mol. The van der Waals surface area contributed by atoms with E-state index >= 15 is 0 Å².